The molecule has 0 fully saturated rings. The van der Waals surface area contributed by atoms with Crippen LogP contribution in [0.3, 0.4) is 0 Å². The summed E-state index contributed by atoms with van der Waals surface area (Å²) >= 11 is 6.41. The number of hydrogen-bond donors (Lipinski definition) is 1. The number of sulfonamides is 1. The third kappa shape index (κ3) is 9.34. The van der Waals surface area contributed by atoms with E-state index in [1.54, 1.807) is 49.7 Å². The Morgan fingerprint density at radius 3 is 1.67 bits per heavy atom. The van der Waals surface area contributed by atoms with E-state index in [0.29, 0.717) is 32.6 Å². The van der Waals surface area contributed by atoms with Gasteiger partial charge in [-0.15, -0.1) is 45.3 Å². The second-order valence-corrected chi connectivity index (χ2v) is 15.5. The van der Waals surface area contributed by atoms with Gasteiger partial charge in [-0.1, -0.05) is 44.0 Å². The Morgan fingerprint density at radius 1 is 0.795 bits per heavy atom. The van der Waals surface area contributed by atoms with Crippen molar-refractivity contribution in [1.82, 2.24) is 14.5 Å². The lowest BCUT2D eigenvalue weighted by Crippen LogP contribution is -2.47. The van der Waals surface area contributed by atoms with Crippen molar-refractivity contribution in [3.63, 3.8) is 0 Å². The molecule has 0 aromatic carbocycles. The molecule has 0 saturated heterocycles. The normalized spacial score (nSPS) is 12.7. The van der Waals surface area contributed by atoms with Crippen LogP contribution in [0.2, 0.25) is 0 Å². The van der Waals surface area contributed by atoms with E-state index in [1.807, 2.05) is 62.8 Å². The van der Waals surface area contributed by atoms with Gasteiger partial charge in [0.1, 0.15) is 0 Å². The molecule has 0 spiro atoms. The number of nitrogens with one attached hydrogen (secondary N) is 1. The van der Waals surface area contributed by atoms with Crippen LogP contribution in [0.5, 0.6) is 0 Å². The van der Waals surface area contributed by atoms with Gasteiger partial charge in [-0.2, -0.15) is 4.31 Å². The van der Waals surface area contributed by atoms with Gasteiger partial charge in [-0.05, 0) is 52.2 Å². The van der Waals surface area contributed by atoms with Crippen molar-refractivity contribution >= 4 is 61.3 Å². The van der Waals surface area contributed by atoms with E-state index in [2.05, 4.69) is 24.4 Å². The molecule has 1 amide bonds. The molecule has 0 unspecified atom stereocenters. The van der Waals surface area contributed by atoms with Crippen LogP contribution in [0, 0.1) is 0 Å². The largest absolute Gasteiger partial charge is 0.331 e. The molecule has 0 radical (unpaired) electrons. The fourth-order valence-corrected chi connectivity index (χ4v) is 8.58. The first-order valence-corrected chi connectivity index (χ1v) is 18.2. The van der Waals surface area contributed by atoms with Crippen LogP contribution in [-0.2, 0) is 41.0 Å². The fourth-order valence-electron chi connectivity index (χ4n) is 4.23. The first kappa shape index (κ1) is 30.1. The minimum atomic E-state index is -3.56. The summed E-state index contributed by atoms with van der Waals surface area (Å²) in [6.07, 6.45) is 2.54. The molecule has 0 aliphatic heterocycles. The zero-order valence-corrected chi connectivity index (χ0v) is 26.1. The average Bonchev–Trinajstić information content (AvgIpc) is 3.74. The van der Waals surface area contributed by atoms with Gasteiger partial charge in [0.25, 0.3) is 0 Å². The second-order valence-electron chi connectivity index (χ2n) is 9.24. The van der Waals surface area contributed by atoms with Gasteiger partial charge in [-0.3, -0.25) is 4.79 Å². The third-order valence-electron chi connectivity index (χ3n) is 6.28. The van der Waals surface area contributed by atoms with Crippen LogP contribution in [0.25, 0.3) is 0 Å². The van der Waals surface area contributed by atoms with Crippen molar-refractivity contribution < 1.29 is 13.2 Å². The molecule has 0 aliphatic carbocycles. The molecular weight excluding hydrogens is 587 g/mol. The van der Waals surface area contributed by atoms with Gasteiger partial charge in [0.2, 0.25) is 15.9 Å². The van der Waals surface area contributed by atoms with Crippen molar-refractivity contribution in [2.45, 2.75) is 58.4 Å². The van der Waals surface area contributed by atoms with Gasteiger partial charge in [0, 0.05) is 39.1 Å². The minimum Gasteiger partial charge on any atom is -0.331 e. The van der Waals surface area contributed by atoms with E-state index < -0.39 is 16.1 Å². The van der Waals surface area contributed by atoms with E-state index in [1.165, 1.54) is 0 Å². The maximum Gasteiger partial charge on any atom is 0.240 e. The maximum absolute atomic E-state index is 13.8. The zero-order chi connectivity index (χ0) is 27.5. The molecule has 0 aliphatic rings. The van der Waals surface area contributed by atoms with E-state index in [-0.39, 0.29) is 18.2 Å². The number of unbranched alkanes of at least 4 members (excludes halogenated alkanes) is 1. The number of hydrogen-bond acceptors (Lipinski definition) is 8. The van der Waals surface area contributed by atoms with Gasteiger partial charge in [0.15, 0.2) is 0 Å². The SMILES string of the molecule is CCCC[C@H](NCCS(=O)(=O)N(Cc1cccs1)Cc1cccs1)C(=O)N(Cc1cccs1)Cc1cccs1. The molecule has 0 bridgehead atoms. The average molecular weight is 622 g/mol. The molecule has 6 nitrogen and oxygen atoms in total. The monoisotopic (exact) mass is 621 g/mol. The Bertz CT molecular complexity index is 1250. The molecule has 11 heteroatoms. The highest BCUT2D eigenvalue weighted by atomic mass is 32.2. The Labute approximate surface area is 248 Å². The molecular formula is C28H35N3O3S5. The first-order chi connectivity index (χ1) is 18.9. The number of carbonyl (C=O) groups is 1. The van der Waals surface area contributed by atoms with Crippen LogP contribution < -0.4 is 5.32 Å². The predicted molar refractivity (Wildman–Crippen MR) is 166 cm³/mol. The highest BCUT2D eigenvalue weighted by Crippen LogP contribution is 2.21. The first-order valence-electron chi connectivity index (χ1n) is 13.0. The summed E-state index contributed by atoms with van der Waals surface area (Å²) in [5.41, 5.74) is 0. The van der Waals surface area contributed by atoms with Gasteiger partial charge in [0.05, 0.1) is 24.9 Å². The van der Waals surface area contributed by atoms with Crippen molar-refractivity contribution in [2.24, 2.45) is 0 Å². The van der Waals surface area contributed by atoms with Crippen LogP contribution >= 0.6 is 45.3 Å². The standard InChI is InChI=1S/C28H35N3O3S5/c1-2-3-12-27(28(32)30(19-23-8-4-14-35-23)20-24-9-5-15-36-24)29-13-18-39(33,34)31(21-25-10-6-16-37-25)22-26-11-7-17-38-26/h4-11,14-17,27,29H,2-3,12-13,18-22H2,1H3/t27-/m0/s1. The minimum absolute atomic E-state index is 0.0247. The number of rotatable bonds is 17. The molecule has 39 heavy (non-hydrogen) atoms. The lowest BCUT2D eigenvalue weighted by atomic mass is 10.1. The predicted octanol–water partition coefficient (Wildman–Crippen LogP) is 6.64. The quantitative estimate of drug-likeness (QED) is 0.144. The molecule has 4 heterocycles. The van der Waals surface area contributed by atoms with Crippen LogP contribution in [0.1, 0.15) is 45.7 Å². The van der Waals surface area contributed by atoms with E-state index in [9.17, 15) is 13.2 Å². The van der Waals surface area contributed by atoms with Crippen molar-refractivity contribution in [1.29, 1.82) is 0 Å². The molecule has 4 aromatic heterocycles. The molecule has 1 N–H and O–H groups in total. The molecule has 210 valence electrons. The highest BCUT2D eigenvalue weighted by Gasteiger charge is 2.27. The van der Waals surface area contributed by atoms with E-state index in [4.69, 9.17) is 0 Å². The maximum atomic E-state index is 13.8. The summed E-state index contributed by atoms with van der Waals surface area (Å²) < 4.78 is 28.6. The summed E-state index contributed by atoms with van der Waals surface area (Å²) in [4.78, 5) is 20.0. The van der Waals surface area contributed by atoms with Crippen molar-refractivity contribution in [2.75, 3.05) is 12.3 Å². The highest BCUT2D eigenvalue weighted by molar-refractivity contribution is 7.89. The van der Waals surface area contributed by atoms with Crippen LogP contribution in [-0.4, -0.2) is 41.9 Å². The molecule has 4 rings (SSSR count). The molecule has 4 aromatic rings. The summed E-state index contributed by atoms with van der Waals surface area (Å²) in [6, 6.07) is 15.5. The Balaban J connectivity index is 1.43. The lowest BCUT2D eigenvalue weighted by molar-refractivity contribution is -0.134. The van der Waals surface area contributed by atoms with Gasteiger partial charge < -0.3 is 10.2 Å². The Hall–Kier alpha value is -1.86. The van der Waals surface area contributed by atoms with Gasteiger partial charge in [-0.25, -0.2) is 8.42 Å². The zero-order valence-electron chi connectivity index (χ0n) is 22.0. The van der Waals surface area contributed by atoms with Crippen LogP contribution in [0.15, 0.2) is 70.1 Å². The molecule has 1 atom stereocenters. The van der Waals surface area contributed by atoms with E-state index in [0.717, 1.165) is 32.4 Å². The van der Waals surface area contributed by atoms with E-state index >= 15 is 0 Å². The number of nitrogens with zero attached hydrogens (tertiary/aromatic N) is 2. The third-order valence-corrected chi connectivity index (χ3v) is 11.5. The van der Waals surface area contributed by atoms with Crippen molar-refractivity contribution in [3.8, 4) is 0 Å². The van der Waals surface area contributed by atoms with Gasteiger partial charge >= 0.3 is 0 Å². The summed E-state index contributed by atoms with van der Waals surface area (Å²) in [5.74, 6) is -0.0353. The Kier molecular flexibility index (Phi) is 11.8. The molecule has 0 saturated carbocycles. The summed E-state index contributed by atoms with van der Waals surface area (Å²) in [5, 5.41) is 11.3. The second kappa shape index (κ2) is 15.2. The summed E-state index contributed by atoms with van der Waals surface area (Å²) in [6.45, 7) is 4.13. The Morgan fingerprint density at radius 2 is 1.26 bits per heavy atom. The van der Waals surface area contributed by atoms with Crippen molar-refractivity contribution in [3.05, 3.63) is 89.6 Å². The lowest BCUT2D eigenvalue weighted by Gasteiger charge is -2.28. The fraction of sp³-hybridized carbons (Fsp3) is 0.393. The number of thiophene rings is 4. The van der Waals surface area contributed by atoms with Crippen LogP contribution in [0.4, 0.5) is 0 Å². The summed E-state index contributed by atoms with van der Waals surface area (Å²) in [7, 11) is -3.56. The topological polar surface area (TPSA) is 69.7 Å². The number of amides is 1. The smallest absolute Gasteiger partial charge is 0.240 e. The number of carbonyl (C=O) groups excluding carboxylic acids is 1.